The van der Waals surface area contributed by atoms with Gasteiger partial charge in [0.1, 0.15) is 5.69 Å². The third-order valence-corrected chi connectivity index (χ3v) is 4.10. The van der Waals surface area contributed by atoms with Gasteiger partial charge in [-0.2, -0.15) is 18.3 Å². The van der Waals surface area contributed by atoms with Crippen LogP contribution in [0.2, 0.25) is 0 Å². The molecule has 146 valence electrons. The second-order valence-electron chi connectivity index (χ2n) is 5.97. The normalized spacial score (nSPS) is 11.6. The van der Waals surface area contributed by atoms with Crippen LogP contribution in [-0.2, 0) is 6.18 Å². The molecule has 0 aliphatic rings. The van der Waals surface area contributed by atoms with Crippen LogP contribution in [0.25, 0.3) is 16.9 Å². The Hall–Kier alpha value is -3.82. The first-order valence-electron chi connectivity index (χ1n) is 8.27. The molecule has 0 atom stereocenters. The molecule has 6 nitrogen and oxygen atoms in total. The number of hydrogen-bond donors (Lipinski definition) is 1. The van der Waals surface area contributed by atoms with Crippen LogP contribution < -0.4 is 5.32 Å². The maximum atomic E-state index is 13.8. The van der Waals surface area contributed by atoms with Gasteiger partial charge in [-0.25, -0.2) is 18.9 Å². The predicted octanol–water partition coefficient (Wildman–Crippen LogP) is 4.20. The van der Waals surface area contributed by atoms with Crippen LogP contribution in [0.15, 0.2) is 61.1 Å². The Balaban J connectivity index is 1.75. The van der Waals surface area contributed by atoms with Gasteiger partial charge >= 0.3 is 6.18 Å². The number of nitrogens with one attached hydrogen (secondary N) is 1. The lowest BCUT2D eigenvalue weighted by Crippen LogP contribution is -2.15. The topological polar surface area (TPSA) is 72.2 Å². The van der Waals surface area contributed by atoms with Crippen molar-refractivity contribution in [1.29, 1.82) is 0 Å². The van der Waals surface area contributed by atoms with Crippen LogP contribution in [0.4, 0.5) is 23.2 Å². The van der Waals surface area contributed by atoms with E-state index in [1.165, 1.54) is 53.4 Å². The summed E-state index contributed by atoms with van der Waals surface area (Å²) in [6.45, 7) is 0. The first-order chi connectivity index (χ1) is 13.8. The van der Waals surface area contributed by atoms with Gasteiger partial charge in [0.2, 0.25) is 0 Å². The summed E-state index contributed by atoms with van der Waals surface area (Å²) >= 11 is 0. The van der Waals surface area contributed by atoms with E-state index < -0.39 is 29.2 Å². The minimum Gasteiger partial charge on any atom is -0.316 e. The Morgan fingerprint density at radius 3 is 2.62 bits per heavy atom. The molecular weight excluding hydrogens is 390 g/mol. The molecule has 29 heavy (non-hydrogen) atoms. The smallest absolute Gasteiger partial charge is 0.316 e. The van der Waals surface area contributed by atoms with Crippen molar-refractivity contribution >= 4 is 17.2 Å². The second kappa shape index (κ2) is 6.97. The minimum absolute atomic E-state index is 0.0467. The summed E-state index contributed by atoms with van der Waals surface area (Å²) < 4.78 is 55.0. The van der Waals surface area contributed by atoms with Crippen molar-refractivity contribution in [3.63, 3.8) is 0 Å². The molecule has 1 aromatic carbocycles. The second-order valence-corrected chi connectivity index (χ2v) is 5.97. The molecule has 3 heterocycles. The van der Waals surface area contributed by atoms with E-state index in [1.54, 1.807) is 0 Å². The van der Waals surface area contributed by atoms with Gasteiger partial charge in [0.05, 0.1) is 17.5 Å². The van der Waals surface area contributed by atoms with Gasteiger partial charge in [0, 0.05) is 18.0 Å². The van der Waals surface area contributed by atoms with Gasteiger partial charge in [-0.15, -0.1) is 0 Å². The predicted molar refractivity (Wildman–Crippen MR) is 95.6 cm³/mol. The van der Waals surface area contributed by atoms with Gasteiger partial charge in [-0.05, 0) is 24.3 Å². The van der Waals surface area contributed by atoms with Crippen molar-refractivity contribution in [3.8, 4) is 11.3 Å². The van der Waals surface area contributed by atoms with Crippen molar-refractivity contribution in [3.05, 3.63) is 78.1 Å². The van der Waals surface area contributed by atoms with Crippen molar-refractivity contribution in [2.24, 2.45) is 0 Å². The van der Waals surface area contributed by atoms with E-state index in [0.717, 1.165) is 12.1 Å². The fourth-order valence-corrected chi connectivity index (χ4v) is 2.80. The summed E-state index contributed by atoms with van der Waals surface area (Å²) in [6.07, 6.45) is -0.612. The highest BCUT2D eigenvalue weighted by atomic mass is 19.4. The molecule has 0 bridgehead atoms. The first-order valence-corrected chi connectivity index (χ1v) is 8.27. The monoisotopic (exact) mass is 401 g/mol. The number of carbonyl (C=O) groups excluding carboxylic acids is 1. The maximum Gasteiger partial charge on any atom is 0.417 e. The van der Waals surface area contributed by atoms with E-state index in [2.05, 4.69) is 20.4 Å². The number of anilines is 1. The van der Waals surface area contributed by atoms with Gasteiger partial charge in [0.25, 0.3) is 5.91 Å². The van der Waals surface area contributed by atoms with Crippen LogP contribution in [0, 0.1) is 5.82 Å². The Morgan fingerprint density at radius 1 is 1.07 bits per heavy atom. The zero-order chi connectivity index (χ0) is 20.6. The van der Waals surface area contributed by atoms with Crippen LogP contribution >= 0.6 is 0 Å². The van der Waals surface area contributed by atoms with Crippen molar-refractivity contribution < 1.29 is 22.4 Å². The highest BCUT2D eigenvalue weighted by Crippen LogP contribution is 2.36. The SMILES string of the molecule is O=C(Nc1cnn2ccc(-c3ccccc3C(F)(F)F)nc12)c1ncccc1F. The van der Waals surface area contributed by atoms with Gasteiger partial charge in [-0.1, -0.05) is 18.2 Å². The Kier molecular flexibility index (Phi) is 4.45. The van der Waals surface area contributed by atoms with E-state index >= 15 is 0 Å². The molecule has 0 radical (unpaired) electrons. The highest BCUT2D eigenvalue weighted by molar-refractivity contribution is 6.04. The molecule has 0 aliphatic heterocycles. The van der Waals surface area contributed by atoms with Crippen molar-refractivity contribution in [2.75, 3.05) is 5.32 Å². The third-order valence-electron chi connectivity index (χ3n) is 4.10. The average molecular weight is 401 g/mol. The number of alkyl halides is 3. The minimum atomic E-state index is -4.56. The van der Waals surface area contributed by atoms with Gasteiger partial charge in [-0.3, -0.25) is 4.79 Å². The molecule has 4 rings (SSSR count). The number of rotatable bonds is 3. The standard InChI is InChI=1S/C19H11F4N5O/c20-13-6-3-8-24-16(13)18(29)27-15-10-25-28-9-7-14(26-17(15)28)11-4-1-2-5-12(11)19(21,22)23/h1-10H,(H,27,29). The zero-order valence-corrected chi connectivity index (χ0v) is 14.5. The average Bonchev–Trinajstić information content (AvgIpc) is 3.09. The lowest BCUT2D eigenvalue weighted by atomic mass is 10.0. The van der Waals surface area contributed by atoms with E-state index in [-0.39, 0.29) is 22.6 Å². The molecule has 0 aliphatic carbocycles. The summed E-state index contributed by atoms with van der Waals surface area (Å²) in [7, 11) is 0. The Bertz CT molecular complexity index is 1220. The number of aromatic nitrogens is 4. The molecule has 1 amide bonds. The fourth-order valence-electron chi connectivity index (χ4n) is 2.80. The van der Waals surface area contributed by atoms with Gasteiger partial charge in [0.15, 0.2) is 17.2 Å². The largest absolute Gasteiger partial charge is 0.417 e. The van der Waals surface area contributed by atoms with E-state index in [4.69, 9.17) is 0 Å². The molecule has 0 spiro atoms. The Morgan fingerprint density at radius 2 is 1.86 bits per heavy atom. The molecular formula is C19H11F4N5O. The number of halogens is 4. The molecule has 10 heteroatoms. The number of benzene rings is 1. The third kappa shape index (κ3) is 3.51. The lowest BCUT2D eigenvalue weighted by molar-refractivity contribution is -0.137. The first kappa shape index (κ1) is 18.5. The van der Waals surface area contributed by atoms with E-state index in [1.807, 2.05) is 0 Å². The van der Waals surface area contributed by atoms with E-state index in [9.17, 15) is 22.4 Å². The molecule has 3 aromatic heterocycles. The summed E-state index contributed by atoms with van der Waals surface area (Å²) in [5.74, 6) is -1.64. The molecule has 0 saturated heterocycles. The number of pyridine rings is 1. The summed E-state index contributed by atoms with van der Waals surface area (Å²) in [6, 6.07) is 8.84. The van der Waals surface area contributed by atoms with Gasteiger partial charge < -0.3 is 5.32 Å². The molecule has 1 N–H and O–H groups in total. The van der Waals surface area contributed by atoms with Crippen LogP contribution in [-0.4, -0.2) is 25.5 Å². The molecule has 0 saturated carbocycles. The van der Waals surface area contributed by atoms with Crippen molar-refractivity contribution in [1.82, 2.24) is 19.6 Å². The zero-order valence-electron chi connectivity index (χ0n) is 14.5. The van der Waals surface area contributed by atoms with Crippen LogP contribution in [0.5, 0.6) is 0 Å². The summed E-state index contributed by atoms with van der Waals surface area (Å²) in [5, 5.41) is 6.43. The number of carbonyl (C=O) groups is 1. The summed E-state index contributed by atoms with van der Waals surface area (Å²) in [4.78, 5) is 20.2. The lowest BCUT2D eigenvalue weighted by Gasteiger charge is -2.12. The Labute approximate surface area is 160 Å². The fraction of sp³-hybridized carbons (Fsp3) is 0.0526. The maximum absolute atomic E-state index is 13.8. The quantitative estimate of drug-likeness (QED) is 0.523. The molecule has 0 unspecified atom stereocenters. The number of amides is 1. The number of hydrogen-bond acceptors (Lipinski definition) is 4. The van der Waals surface area contributed by atoms with Crippen LogP contribution in [0.1, 0.15) is 16.1 Å². The van der Waals surface area contributed by atoms with Crippen molar-refractivity contribution in [2.45, 2.75) is 6.18 Å². The van der Waals surface area contributed by atoms with Crippen LogP contribution in [0.3, 0.4) is 0 Å². The van der Waals surface area contributed by atoms with E-state index in [0.29, 0.717) is 0 Å². The molecule has 4 aromatic rings. The number of nitrogens with zero attached hydrogens (tertiary/aromatic N) is 4. The number of fused-ring (bicyclic) bond motifs is 1. The highest BCUT2D eigenvalue weighted by Gasteiger charge is 2.33. The summed E-state index contributed by atoms with van der Waals surface area (Å²) in [5.41, 5.74) is -1.12. The molecule has 0 fully saturated rings.